The zero-order valence-electron chi connectivity index (χ0n) is 9.74. The first kappa shape index (κ1) is 11.2. The molecule has 0 saturated heterocycles. The lowest BCUT2D eigenvalue weighted by atomic mass is 10.2. The molecule has 1 aromatic heterocycles. The van der Waals surface area contributed by atoms with E-state index in [1.54, 1.807) is 18.0 Å². The molecule has 3 aromatic rings. The van der Waals surface area contributed by atoms with Gasteiger partial charge in [0.15, 0.2) is 0 Å². The molecule has 2 heteroatoms. The molecule has 2 aromatic carbocycles. The van der Waals surface area contributed by atoms with Crippen LogP contribution in [0.5, 0.6) is 0 Å². The number of hydrogen-bond donors (Lipinski definition) is 0. The van der Waals surface area contributed by atoms with Crippen LogP contribution in [0.3, 0.4) is 0 Å². The molecule has 0 radical (unpaired) electrons. The van der Waals surface area contributed by atoms with E-state index >= 15 is 0 Å². The maximum atomic E-state index is 5.60. The lowest BCUT2D eigenvalue weighted by molar-refractivity contribution is 0.576. The fourth-order valence-electron chi connectivity index (χ4n) is 1.75. The van der Waals surface area contributed by atoms with Crippen LogP contribution in [0.2, 0.25) is 0 Å². The molecule has 0 bridgehead atoms. The van der Waals surface area contributed by atoms with Gasteiger partial charge in [0.1, 0.15) is 12.0 Å². The molecule has 0 N–H and O–H groups in total. The second kappa shape index (κ2) is 5.15. The minimum absolute atomic E-state index is 0.911. The lowest BCUT2D eigenvalue weighted by Gasteiger charge is -1.96. The summed E-state index contributed by atoms with van der Waals surface area (Å²) >= 11 is 1.71. The molecule has 0 fully saturated rings. The Labute approximate surface area is 110 Å². The van der Waals surface area contributed by atoms with E-state index < -0.39 is 0 Å². The van der Waals surface area contributed by atoms with Crippen LogP contribution >= 0.6 is 11.8 Å². The van der Waals surface area contributed by atoms with Crippen molar-refractivity contribution in [3.63, 3.8) is 0 Å². The van der Waals surface area contributed by atoms with Gasteiger partial charge < -0.3 is 4.42 Å². The summed E-state index contributed by atoms with van der Waals surface area (Å²) in [6.07, 6.45) is 1.81. The molecule has 1 nitrogen and oxygen atoms in total. The van der Waals surface area contributed by atoms with E-state index in [1.807, 2.05) is 36.4 Å². The Morgan fingerprint density at radius 2 is 1.39 bits per heavy atom. The topological polar surface area (TPSA) is 13.1 Å². The molecular formula is C16H12OS. The highest BCUT2D eigenvalue weighted by Crippen LogP contribution is 2.32. The van der Waals surface area contributed by atoms with Gasteiger partial charge in [-0.2, -0.15) is 0 Å². The zero-order valence-corrected chi connectivity index (χ0v) is 10.6. The first-order valence-electron chi connectivity index (χ1n) is 5.79. The van der Waals surface area contributed by atoms with E-state index in [2.05, 4.69) is 30.3 Å². The summed E-state index contributed by atoms with van der Waals surface area (Å²) in [5.41, 5.74) is 1.11. The van der Waals surface area contributed by atoms with Gasteiger partial charge in [-0.05, 0) is 18.2 Å². The van der Waals surface area contributed by atoms with Gasteiger partial charge in [-0.3, -0.25) is 0 Å². The second-order valence-corrected chi connectivity index (χ2v) is 5.07. The first-order valence-corrected chi connectivity index (χ1v) is 6.60. The van der Waals surface area contributed by atoms with Crippen molar-refractivity contribution >= 4 is 11.8 Å². The van der Waals surface area contributed by atoms with E-state index in [9.17, 15) is 0 Å². The Morgan fingerprint density at radius 1 is 0.722 bits per heavy atom. The molecule has 0 saturated carbocycles. The average molecular weight is 252 g/mol. The summed E-state index contributed by atoms with van der Waals surface area (Å²) in [5.74, 6) is 0.911. The van der Waals surface area contributed by atoms with Crippen LogP contribution in [0.15, 0.2) is 87.2 Å². The summed E-state index contributed by atoms with van der Waals surface area (Å²) in [5, 5.41) is 0. The molecular weight excluding hydrogens is 240 g/mol. The predicted molar refractivity (Wildman–Crippen MR) is 74.7 cm³/mol. The molecule has 3 rings (SSSR count). The fraction of sp³-hybridized carbons (Fsp3) is 0. The number of rotatable bonds is 3. The highest BCUT2D eigenvalue weighted by molar-refractivity contribution is 7.99. The predicted octanol–water partition coefficient (Wildman–Crippen LogP) is 5.10. The quantitative estimate of drug-likeness (QED) is 0.643. The van der Waals surface area contributed by atoms with Crippen LogP contribution in [0.1, 0.15) is 0 Å². The molecule has 1 heterocycles. The highest BCUT2D eigenvalue weighted by atomic mass is 32.2. The zero-order chi connectivity index (χ0) is 12.2. The van der Waals surface area contributed by atoms with Gasteiger partial charge in [0.2, 0.25) is 0 Å². The summed E-state index contributed by atoms with van der Waals surface area (Å²) < 4.78 is 5.60. The molecule has 0 spiro atoms. The van der Waals surface area contributed by atoms with Crippen LogP contribution in [0, 0.1) is 0 Å². The maximum Gasteiger partial charge on any atom is 0.135 e. The number of furan rings is 1. The van der Waals surface area contributed by atoms with Gasteiger partial charge >= 0.3 is 0 Å². The van der Waals surface area contributed by atoms with Gasteiger partial charge in [-0.15, -0.1) is 0 Å². The Morgan fingerprint density at radius 3 is 2.11 bits per heavy atom. The Bertz CT molecular complexity index is 614. The number of benzene rings is 2. The van der Waals surface area contributed by atoms with E-state index in [1.165, 1.54) is 4.90 Å². The summed E-state index contributed by atoms with van der Waals surface area (Å²) in [6.45, 7) is 0. The van der Waals surface area contributed by atoms with Crippen molar-refractivity contribution in [2.45, 2.75) is 9.79 Å². The third-order valence-corrected chi connectivity index (χ3v) is 3.57. The lowest BCUT2D eigenvalue weighted by Crippen LogP contribution is -1.70. The van der Waals surface area contributed by atoms with Crippen molar-refractivity contribution in [2.75, 3.05) is 0 Å². The van der Waals surface area contributed by atoms with Crippen LogP contribution < -0.4 is 0 Å². The van der Waals surface area contributed by atoms with Crippen LogP contribution in [0.25, 0.3) is 11.3 Å². The third kappa shape index (κ3) is 2.49. The Balaban J connectivity index is 1.82. The van der Waals surface area contributed by atoms with Gasteiger partial charge in [-0.1, -0.05) is 60.3 Å². The van der Waals surface area contributed by atoms with Crippen molar-refractivity contribution in [1.82, 2.24) is 0 Å². The second-order valence-electron chi connectivity index (χ2n) is 3.93. The third-order valence-electron chi connectivity index (χ3n) is 2.61. The SMILES string of the molecule is c1ccc(Sc2coc(-c3ccccc3)c2)cc1. The molecule has 0 amide bonds. The molecule has 0 unspecified atom stereocenters. The van der Waals surface area contributed by atoms with Gasteiger partial charge in [0.25, 0.3) is 0 Å². The fourth-order valence-corrected chi connectivity index (χ4v) is 2.58. The minimum Gasteiger partial charge on any atom is -0.463 e. The monoisotopic (exact) mass is 252 g/mol. The molecule has 18 heavy (non-hydrogen) atoms. The minimum atomic E-state index is 0.911. The van der Waals surface area contributed by atoms with Crippen molar-refractivity contribution in [3.8, 4) is 11.3 Å². The molecule has 0 aliphatic rings. The van der Waals surface area contributed by atoms with Gasteiger partial charge in [0, 0.05) is 10.5 Å². The summed E-state index contributed by atoms with van der Waals surface area (Å²) in [7, 11) is 0. The normalized spacial score (nSPS) is 10.4. The first-order chi connectivity index (χ1) is 8.92. The van der Waals surface area contributed by atoms with Crippen molar-refractivity contribution < 1.29 is 4.42 Å². The van der Waals surface area contributed by atoms with Gasteiger partial charge in [-0.25, -0.2) is 0 Å². The van der Waals surface area contributed by atoms with E-state index in [0.29, 0.717) is 0 Å². The van der Waals surface area contributed by atoms with Crippen molar-refractivity contribution in [2.24, 2.45) is 0 Å². The van der Waals surface area contributed by atoms with Crippen LogP contribution in [-0.4, -0.2) is 0 Å². The Kier molecular flexibility index (Phi) is 3.20. The molecule has 0 atom stereocenters. The van der Waals surface area contributed by atoms with Crippen molar-refractivity contribution in [3.05, 3.63) is 73.0 Å². The number of hydrogen-bond acceptors (Lipinski definition) is 2. The smallest absolute Gasteiger partial charge is 0.135 e. The standard InChI is InChI=1S/C16H12OS/c1-3-7-13(8-4-1)16-11-15(12-17-16)18-14-9-5-2-6-10-14/h1-12H. The Hall–Kier alpha value is -1.93. The molecule has 0 aliphatic heterocycles. The van der Waals surface area contributed by atoms with E-state index in [0.717, 1.165) is 16.2 Å². The van der Waals surface area contributed by atoms with Gasteiger partial charge in [0.05, 0.1) is 4.90 Å². The largest absolute Gasteiger partial charge is 0.463 e. The van der Waals surface area contributed by atoms with Crippen LogP contribution in [-0.2, 0) is 0 Å². The van der Waals surface area contributed by atoms with E-state index in [-0.39, 0.29) is 0 Å². The molecule has 0 aliphatic carbocycles. The van der Waals surface area contributed by atoms with Crippen molar-refractivity contribution in [1.29, 1.82) is 0 Å². The molecule has 88 valence electrons. The average Bonchev–Trinajstić information content (AvgIpc) is 2.89. The van der Waals surface area contributed by atoms with Crippen LogP contribution in [0.4, 0.5) is 0 Å². The highest BCUT2D eigenvalue weighted by Gasteiger charge is 2.05. The summed E-state index contributed by atoms with van der Waals surface area (Å²) in [4.78, 5) is 2.35. The summed E-state index contributed by atoms with van der Waals surface area (Å²) in [6, 6.07) is 22.5. The van der Waals surface area contributed by atoms with E-state index in [4.69, 9.17) is 4.42 Å². The maximum absolute atomic E-state index is 5.60.